The van der Waals surface area contributed by atoms with Crippen molar-refractivity contribution in [1.29, 1.82) is 0 Å². The Kier molecular flexibility index (Phi) is 1.77. The number of nitrogens with zero attached hydrogens (tertiary/aromatic N) is 1. The SMILES string of the molecule is COc1ccc(Br)c2oncc12. The maximum Gasteiger partial charge on any atom is 0.184 e. The van der Waals surface area contributed by atoms with Gasteiger partial charge >= 0.3 is 0 Å². The third kappa shape index (κ3) is 0.992. The molecule has 0 radical (unpaired) electrons. The minimum atomic E-state index is 0.717. The highest BCUT2D eigenvalue weighted by Crippen LogP contribution is 2.30. The molecule has 2 rings (SSSR count). The molecule has 0 bridgehead atoms. The number of halogens is 1. The molecule has 0 N–H and O–H groups in total. The van der Waals surface area contributed by atoms with E-state index in [1.807, 2.05) is 12.1 Å². The van der Waals surface area contributed by atoms with Crippen molar-refractivity contribution in [3.05, 3.63) is 22.8 Å². The summed E-state index contributed by atoms with van der Waals surface area (Å²) in [5, 5.41) is 4.57. The predicted octanol–water partition coefficient (Wildman–Crippen LogP) is 2.60. The van der Waals surface area contributed by atoms with E-state index < -0.39 is 0 Å². The second-order valence-corrected chi connectivity index (χ2v) is 3.17. The lowest BCUT2D eigenvalue weighted by atomic mass is 10.2. The highest BCUT2D eigenvalue weighted by molar-refractivity contribution is 9.10. The summed E-state index contributed by atoms with van der Waals surface area (Å²) in [6.07, 6.45) is 1.64. The van der Waals surface area contributed by atoms with Crippen LogP contribution in [0.5, 0.6) is 5.75 Å². The summed E-state index contributed by atoms with van der Waals surface area (Å²) in [5.74, 6) is 0.773. The number of methoxy groups -OCH3 is 1. The smallest absolute Gasteiger partial charge is 0.184 e. The van der Waals surface area contributed by atoms with Gasteiger partial charge in [0.05, 0.1) is 23.2 Å². The number of rotatable bonds is 1. The van der Waals surface area contributed by atoms with Gasteiger partial charge in [-0.2, -0.15) is 0 Å². The van der Waals surface area contributed by atoms with Crippen LogP contribution >= 0.6 is 15.9 Å². The Hall–Kier alpha value is -1.03. The zero-order valence-electron chi connectivity index (χ0n) is 6.37. The Balaban J connectivity index is 2.82. The van der Waals surface area contributed by atoms with Gasteiger partial charge in [0.25, 0.3) is 0 Å². The molecule has 0 saturated heterocycles. The van der Waals surface area contributed by atoms with E-state index in [2.05, 4.69) is 21.1 Å². The lowest BCUT2D eigenvalue weighted by Gasteiger charge is -1.99. The second-order valence-electron chi connectivity index (χ2n) is 2.32. The average molecular weight is 228 g/mol. The van der Waals surface area contributed by atoms with Crippen LogP contribution < -0.4 is 4.74 Å². The molecule has 0 aliphatic rings. The fraction of sp³-hybridized carbons (Fsp3) is 0.125. The van der Waals surface area contributed by atoms with E-state index in [0.29, 0.717) is 5.58 Å². The van der Waals surface area contributed by atoms with Crippen LogP contribution in [0.15, 0.2) is 27.3 Å². The first-order valence-corrected chi connectivity index (χ1v) is 4.19. The van der Waals surface area contributed by atoms with Gasteiger partial charge in [-0.05, 0) is 28.1 Å². The molecule has 3 nitrogen and oxygen atoms in total. The largest absolute Gasteiger partial charge is 0.496 e. The minimum Gasteiger partial charge on any atom is -0.496 e. The van der Waals surface area contributed by atoms with E-state index in [0.717, 1.165) is 15.6 Å². The third-order valence-corrected chi connectivity index (χ3v) is 2.28. The van der Waals surface area contributed by atoms with Crippen molar-refractivity contribution in [2.24, 2.45) is 0 Å². The van der Waals surface area contributed by atoms with Crippen molar-refractivity contribution in [2.45, 2.75) is 0 Å². The monoisotopic (exact) mass is 227 g/mol. The van der Waals surface area contributed by atoms with E-state index in [1.165, 1.54) is 0 Å². The molecule has 0 spiro atoms. The lowest BCUT2D eigenvalue weighted by molar-refractivity contribution is 0.419. The number of fused-ring (bicyclic) bond motifs is 1. The van der Waals surface area contributed by atoms with Crippen LogP contribution in [0.4, 0.5) is 0 Å². The van der Waals surface area contributed by atoms with Gasteiger partial charge in [0.2, 0.25) is 0 Å². The molecule has 62 valence electrons. The van der Waals surface area contributed by atoms with Crippen LogP contribution in [-0.2, 0) is 0 Å². The highest BCUT2D eigenvalue weighted by atomic mass is 79.9. The summed E-state index contributed by atoms with van der Waals surface area (Å²) in [5.41, 5.74) is 0.717. The molecule has 0 amide bonds. The molecule has 0 fully saturated rings. The van der Waals surface area contributed by atoms with Gasteiger partial charge in [0, 0.05) is 0 Å². The van der Waals surface area contributed by atoms with E-state index in [-0.39, 0.29) is 0 Å². The fourth-order valence-corrected chi connectivity index (χ4v) is 1.50. The molecule has 12 heavy (non-hydrogen) atoms. The van der Waals surface area contributed by atoms with Crippen LogP contribution in [0.25, 0.3) is 11.0 Å². The summed E-state index contributed by atoms with van der Waals surface area (Å²) in [6.45, 7) is 0. The van der Waals surface area contributed by atoms with Gasteiger partial charge in [-0.25, -0.2) is 0 Å². The summed E-state index contributed by atoms with van der Waals surface area (Å²) in [7, 11) is 1.62. The van der Waals surface area contributed by atoms with Crippen LogP contribution in [0.3, 0.4) is 0 Å². The third-order valence-electron chi connectivity index (χ3n) is 1.65. The summed E-state index contributed by atoms with van der Waals surface area (Å²) >= 11 is 3.35. The van der Waals surface area contributed by atoms with Gasteiger partial charge in [0.15, 0.2) is 5.58 Å². The standard InChI is InChI=1S/C8H6BrNO2/c1-11-7-3-2-6(9)8-5(7)4-10-12-8/h2-4H,1H3. The highest BCUT2D eigenvalue weighted by Gasteiger charge is 2.07. The Bertz CT molecular complexity index is 410. The van der Waals surface area contributed by atoms with E-state index in [1.54, 1.807) is 13.3 Å². The van der Waals surface area contributed by atoms with Crippen LogP contribution in [-0.4, -0.2) is 12.3 Å². The Morgan fingerprint density at radius 2 is 2.33 bits per heavy atom. The van der Waals surface area contributed by atoms with E-state index in [4.69, 9.17) is 9.26 Å². The molecule has 0 unspecified atom stereocenters. The molecular formula is C8H6BrNO2. The van der Waals surface area contributed by atoms with Gasteiger partial charge in [-0.15, -0.1) is 0 Å². The zero-order chi connectivity index (χ0) is 8.55. The fourth-order valence-electron chi connectivity index (χ4n) is 1.08. The number of ether oxygens (including phenoxy) is 1. The van der Waals surface area contributed by atoms with Crippen LogP contribution in [0.1, 0.15) is 0 Å². The van der Waals surface area contributed by atoms with Crippen molar-refractivity contribution in [1.82, 2.24) is 5.16 Å². The van der Waals surface area contributed by atoms with Crippen molar-refractivity contribution in [3.63, 3.8) is 0 Å². The first-order chi connectivity index (χ1) is 5.83. The van der Waals surface area contributed by atoms with E-state index in [9.17, 15) is 0 Å². The summed E-state index contributed by atoms with van der Waals surface area (Å²) < 4.78 is 11.0. The van der Waals surface area contributed by atoms with E-state index >= 15 is 0 Å². The van der Waals surface area contributed by atoms with Crippen molar-refractivity contribution in [2.75, 3.05) is 7.11 Å². The first-order valence-electron chi connectivity index (χ1n) is 3.40. The Morgan fingerprint density at radius 1 is 1.50 bits per heavy atom. The first kappa shape index (κ1) is 7.61. The quantitative estimate of drug-likeness (QED) is 0.752. The molecule has 0 saturated carbocycles. The average Bonchev–Trinajstić information content (AvgIpc) is 2.54. The Morgan fingerprint density at radius 3 is 3.08 bits per heavy atom. The van der Waals surface area contributed by atoms with Crippen molar-refractivity contribution >= 4 is 26.9 Å². The number of hydrogen-bond acceptors (Lipinski definition) is 3. The lowest BCUT2D eigenvalue weighted by Crippen LogP contribution is -1.82. The van der Waals surface area contributed by atoms with Crippen molar-refractivity contribution in [3.8, 4) is 5.75 Å². The summed E-state index contributed by atoms with van der Waals surface area (Å²) in [4.78, 5) is 0. The topological polar surface area (TPSA) is 35.3 Å². The molecule has 2 aromatic rings. The summed E-state index contributed by atoms with van der Waals surface area (Å²) in [6, 6.07) is 3.73. The maximum atomic E-state index is 5.12. The molecule has 1 aromatic heterocycles. The van der Waals surface area contributed by atoms with Gasteiger partial charge in [-0.1, -0.05) is 5.16 Å². The molecule has 0 atom stereocenters. The molecule has 0 aliphatic heterocycles. The van der Waals surface area contributed by atoms with Gasteiger partial charge in [0.1, 0.15) is 5.75 Å². The Labute approximate surface area is 77.4 Å². The molecule has 1 heterocycles. The van der Waals surface area contributed by atoms with Gasteiger partial charge < -0.3 is 9.26 Å². The predicted molar refractivity (Wildman–Crippen MR) is 48.3 cm³/mol. The van der Waals surface area contributed by atoms with Crippen LogP contribution in [0, 0.1) is 0 Å². The second kappa shape index (κ2) is 2.79. The zero-order valence-corrected chi connectivity index (χ0v) is 7.96. The molecule has 4 heteroatoms. The molecule has 1 aromatic carbocycles. The maximum absolute atomic E-state index is 5.12. The molecular weight excluding hydrogens is 222 g/mol. The van der Waals surface area contributed by atoms with Crippen molar-refractivity contribution < 1.29 is 9.26 Å². The van der Waals surface area contributed by atoms with Crippen LogP contribution in [0.2, 0.25) is 0 Å². The van der Waals surface area contributed by atoms with Gasteiger partial charge in [-0.3, -0.25) is 0 Å². The minimum absolute atomic E-state index is 0.717. The molecule has 0 aliphatic carbocycles. The normalized spacial score (nSPS) is 10.5. The number of hydrogen-bond donors (Lipinski definition) is 0. The number of benzene rings is 1. The number of aromatic nitrogens is 1.